The first kappa shape index (κ1) is 15.8. The highest BCUT2D eigenvalue weighted by molar-refractivity contribution is 7.85. The van der Waals surface area contributed by atoms with Crippen molar-refractivity contribution in [3.8, 4) is 5.75 Å². The molecule has 116 valence electrons. The number of nitrogen functional groups attached to an aromatic ring is 1. The molecule has 2 rings (SSSR count). The molecule has 0 aliphatic heterocycles. The lowest BCUT2D eigenvalue weighted by molar-refractivity contribution is -0.115. The third-order valence-corrected chi connectivity index (χ3v) is 5.52. The molecule has 0 bridgehead atoms. The van der Waals surface area contributed by atoms with Gasteiger partial charge in [0, 0.05) is 33.9 Å². The van der Waals surface area contributed by atoms with E-state index in [2.05, 4.69) is 5.32 Å². The molecule has 1 fully saturated rings. The topological polar surface area (TPSA) is 81.4 Å². The van der Waals surface area contributed by atoms with Gasteiger partial charge in [-0.25, -0.2) is 0 Å². The molecular weight excluding hydrogens is 288 g/mol. The summed E-state index contributed by atoms with van der Waals surface area (Å²) in [4.78, 5) is 12.0. The maximum Gasteiger partial charge on any atom is 0.225 e. The van der Waals surface area contributed by atoms with Crippen LogP contribution in [0.3, 0.4) is 0 Å². The Labute approximate surface area is 127 Å². The van der Waals surface area contributed by atoms with Crippen molar-refractivity contribution in [1.29, 1.82) is 0 Å². The third kappa shape index (κ3) is 4.46. The Hall–Kier alpha value is -1.56. The standard InChI is InChI=1S/C15H22N2O3S/c1-20-14-7-6-11(16)10-13(14)17-15(18)8-9-21(19)12-4-2-3-5-12/h6-7,10,12H,2-5,8-9,16H2,1H3,(H,17,18). The Morgan fingerprint density at radius 2 is 2.14 bits per heavy atom. The molecular formula is C15H22N2O3S. The van der Waals surface area contributed by atoms with Crippen molar-refractivity contribution >= 4 is 28.1 Å². The molecule has 6 heteroatoms. The van der Waals surface area contributed by atoms with E-state index in [0.29, 0.717) is 22.9 Å². The first-order valence-corrected chi connectivity index (χ1v) is 8.59. The molecule has 1 aromatic rings. The van der Waals surface area contributed by atoms with Crippen LogP contribution in [0.1, 0.15) is 32.1 Å². The lowest BCUT2D eigenvalue weighted by atomic mass is 10.2. The van der Waals surface area contributed by atoms with Gasteiger partial charge < -0.3 is 15.8 Å². The van der Waals surface area contributed by atoms with Crippen molar-refractivity contribution in [2.75, 3.05) is 23.9 Å². The predicted molar refractivity (Wildman–Crippen MR) is 85.9 cm³/mol. The predicted octanol–water partition coefficient (Wildman–Crippen LogP) is 2.30. The number of methoxy groups -OCH3 is 1. The summed E-state index contributed by atoms with van der Waals surface area (Å²) in [6.45, 7) is 0. The molecule has 0 aromatic heterocycles. The quantitative estimate of drug-likeness (QED) is 0.790. The smallest absolute Gasteiger partial charge is 0.225 e. The number of rotatable bonds is 6. The molecule has 5 nitrogen and oxygen atoms in total. The minimum absolute atomic E-state index is 0.162. The minimum Gasteiger partial charge on any atom is -0.495 e. The molecule has 0 spiro atoms. The van der Waals surface area contributed by atoms with Crippen molar-refractivity contribution in [2.45, 2.75) is 37.4 Å². The fraction of sp³-hybridized carbons (Fsp3) is 0.533. The number of benzene rings is 1. The molecule has 1 atom stereocenters. The van der Waals surface area contributed by atoms with E-state index in [1.54, 1.807) is 18.2 Å². The number of amides is 1. The van der Waals surface area contributed by atoms with Crippen LogP contribution in [0.25, 0.3) is 0 Å². The number of hydrogen-bond acceptors (Lipinski definition) is 4. The summed E-state index contributed by atoms with van der Waals surface area (Å²) in [5, 5.41) is 3.05. The van der Waals surface area contributed by atoms with Gasteiger partial charge in [-0.1, -0.05) is 12.8 Å². The Kier molecular flexibility index (Phi) is 5.61. The normalized spacial score (nSPS) is 16.6. The molecule has 1 amide bonds. The highest BCUT2D eigenvalue weighted by atomic mass is 32.2. The molecule has 1 aliphatic rings. The lowest BCUT2D eigenvalue weighted by Crippen LogP contribution is -2.19. The van der Waals surface area contributed by atoms with E-state index in [-0.39, 0.29) is 17.6 Å². The fourth-order valence-corrected chi connectivity index (χ4v) is 4.13. The molecule has 0 radical (unpaired) electrons. The van der Waals surface area contributed by atoms with Crippen molar-refractivity contribution < 1.29 is 13.7 Å². The van der Waals surface area contributed by atoms with Gasteiger partial charge >= 0.3 is 0 Å². The Morgan fingerprint density at radius 3 is 2.81 bits per heavy atom. The van der Waals surface area contributed by atoms with Crippen molar-refractivity contribution in [3.63, 3.8) is 0 Å². The van der Waals surface area contributed by atoms with Crippen molar-refractivity contribution in [3.05, 3.63) is 18.2 Å². The van der Waals surface area contributed by atoms with Gasteiger partial charge in [0.1, 0.15) is 5.75 Å². The van der Waals surface area contributed by atoms with Crippen LogP contribution in [-0.4, -0.2) is 28.2 Å². The van der Waals surface area contributed by atoms with Crippen molar-refractivity contribution in [2.24, 2.45) is 0 Å². The van der Waals surface area contributed by atoms with E-state index in [1.807, 2.05) is 0 Å². The van der Waals surface area contributed by atoms with Gasteiger partial charge in [-0.05, 0) is 31.0 Å². The summed E-state index contributed by atoms with van der Waals surface area (Å²) in [5.41, 5.74) is 6.81. The van der Waals surface area contributed by atoms with E-state index in [1.165, 1.54) is 7.11 Å². The first-order chi connectivity index (χ1) is 10.1. The van der Waals surface area contributed by atoms with Gasteiger partial charge in [0.2, 0.25) is 5.91 Å². The van der Waals surface area contributed by atoms with Crippen LogP contribution < -0.4 is 15.8 Å². The number of nitrogens with one attached hydrogen (secondary N) is 1. The maximum atomic E-state index is 12.1. The van der Waals surface area contributed by atoms with Crippen LogP contribution in [0.2, 0.25) is 0 Å². The van der Waals surface area contributed by atoms with Crippen LogP contribution >= 0.6 is 0 Å². The number of carbonyl (C=O) groups excluding carboxylic acids is 1. The molecule has 1 aliphatic carbocycles. The number of carbonyl (C=O) groups is 1. The zero-order chi connectivity index (χ0) is 15.2. The molecule has 3 N–H and O–H groups in total. The molecule has 0 saturated heterocycles. The highest BCUT2D eigenvalue weighted by Crippen LogP contribution is 2.27. The largest absolute Gasteiger partial charge is 0.495 e. The van der Waals surface area contributed by atoms with E-state index < -0.39 is 10.8 Å². The van der Waals surface area contributed by atoms with Gasteiger partial charge in [-0.3, -0.25) is 9.00 Å². The summed E-state index contributed by atoms with van der Waals surface area (Å²) in [6.07, 6.45) is 4.61. The number of anilines is 2. The number of hydrogen-bond donors (Lipinski definition) is 2. The Bertz CT molecular complexity index is 528. The van der Waals surface area contributed by atoms with Gasteiger partial charge in [0.25, 0.3) is 0 Å². The highest BCUT2D eigenvalue weighted by Gasteiger charge is 2.21. The molecule has 0 heterocycles. The van der Waals surface area contributed by atoms with Gasteiger partial charge in [-0.2, -0.15) is 0 Å². The van der Waals surface area contributed by atoms with E-state index in [9.17, 15) is 9.00 Å². The van der Waals surface area contributed by atoms with Crippen LogP contribution in [0, 0.1) is 0 Å². The van der Waals surface area contributed by atoms with E-state index in [0.717, 1.165) is 25.7 Å². The van der Waals surface area contributed by atoms with Crippen molar-refractivity contribution in [1.82, 2.24) is 0 Å². The zero-order valence-corrected chi connectivity index (χ0v) is 13.1. The summed E-state index contributed by atoms with van der Waals surface area (Å²) in [7, 11) is 0.636. The minimum atomic E-state index is -0.902. The summed E-state index contributed by atoms with van der Waals surface area (Å²) in [6, 6.07) is 5.08. The SMILES string of the molecule is COc1ccc(N)cc1NC(=O)CCS(=O)C1CCCC1. The second-order valence-corrected chi connectivity index (χ2v) is 7.09. The molecule has 1 saturated carbocycles. The lowest BCUT2D eigenvalue weighted by Gasteiger charge is -2.12. The maximum absolute atomic E-state index is 12.1. The van der Waals surface area contributed by atoms with Gasteiger partial charge in [0.05, 0.1) is 12.8 Å². The summed E-state index contributed by atoms with van der Waals surface area (Å²) in [5.74, 6) is 0.820. The molecule has 1 unspecified atom stereocenters. The van der Waals surface area contributed by atoms with Gasteiger partial charge in [0.15, 0.2) is 0 Å². The molecule has 1 aromatic carbocycles. The summed E-state index contributed by atoms with van der Waals surface area (Å²) >= 11 is 0. The van der Waals surface area contributed by atoms with Crippen LogP contribution in [0.15, 0.2) is 18.2 Å². The second-order valence-electron chi connectivity index (χ2n) is 5.25. The second kappa shape index (κ2) is 7.45. The van der Waals surface area contributed by atoms with Gasteiger partial charge in [-0.15, -0.1) is 0 Å². The van der Waals surface area contributed by atoms with Crippen LogP contribution in [-0.2, 0) is 15.6 Å². The number of nitrogens with two attached hydrogens (primary N) is 1. The van der Waals surface area contributed by atoms with Crippen LogP contribution in [0.4, 0.5) is 11.4 Å². The first-order valence-electron chi connectivity index (χ1n) is 7.20. The Balaban J connectivity index is 1.86. The number of ether oxygens (including phenoxy) is 1. The summed E-state index contributed by atoms with van der Waals surface area (Å²) < 4.78 is 17.2. The monoisotopic (exact) mass is 310 g/mol. The third-order valence-electron chi connectivity index (χ3n) is 3.70. The average molecular weight is 310 g/mol. The fourth-order valence-electron chi connectivity index (χ4n) is 2.55. The molecule has 21 heavy (non-hydrogen) atoms. The van der Waals surface area contributed by atoms with E-state index >= 15 is 0 Å². The zero-order valence-electron chi connectivity index (χ0n) is 12.3. The average Bonchev–Trinajstić information content (AvgIpc) is 2.99. The van der Waals surface area contributed by atoms with Crippen LogP contribution in [0.5, 0.6) is 5.75 Å². The Morgan fingerprint density at radius 1 is 1.43 bits per heavy atom. The van der Waals surface area contributed by atoms with E-state index in [4.69, 9.17) is 10.5 Å².